The lowest BCUT2D eigenvalue weighted by Crippen LogP contribution is -2.11. The summed E-state index contributed by atoms with van der Waals surface area (Å²) in [6.45, 7) is 2.76. The molecular formula is C9H13ClN2O. The highest BCUT2D eigenvalue weighted by Crippen LogP contribution is 2.16. The maximum absolute atomic E-state index is 5.77. The van der Waals surface area contributed by atoms with Gasteiger partial charge in [0.2, 0.25) is 0 Å². The van der Waals surface area contributed by atoms with E-state index in [2.05, 4.69) is 9.55 Å². The van der Waals surface area contributed by atoms with Crippen LogP contribution < -0.4 is 0 Å². The molecular weight excluding hydrogens is 188 g/mol. The van der Waals surface area contributed by atoms with Gasteiger partial charge in [-0.1, -0.05) is 0 Å². The van der Waals surface area contributed by atoms with E-state index in [1.807, 2.05) is 12.5 Å². The van der Waals surface area contributed by atoms with E-state index < -0.39 is 0 Å². The number of ether oxygens (including phenoxy) is 1. The summed E-state index contributed by atoms with van der Waals surface area (Å²) in [6, 6.07) is 0. The van der Waals surface area contributed by atoms with Crippen LogP contribution in [0.1, 0.15) is 12.1 Å². The summed E-state index contributed by atoms with van der Waals surface area (Å²) in [7, 11) is 0. The average molecular weight is 201 g/mol. The van der Waals surface area contributed by atoms with Gasteiger partial charge in [-0.2, -0.15) is 0 Å². The number of hydrogen-bond donors (Lipinski definition) is 0. The van der Waals surface area contributed by atoms with Gasteiger partial charge in [0, 0.05) is 25.3 Å². The first-order chi connectivity index (χ1) is 6.40. The molecule has 1 fully saturated rings. The van der Waals surface area contributed by atoms with E-state index in [9.17, 15) is 0 Å². The number of nitrogens with zero attached hydrogens (tertiary/aromatic N) is 2. The Labute approximate surface area is 82.7 Å². The SMILES string of the molecule is ClCc1cncn1CC1CCOC1. The molecule has 0 amide bonds. The highest BCUT2D eigenvalue weighted by Gasteiger charge is 2.16. The van der Waals surface area contributed by atoms with Crippen LogP contribution in [0.3, 0.4) is 0 Å². The molecule has 0 radical (unpaired) electrons. The maximum atomic E-state index is 5.77. The summed E-state index contributed by atoms with van der Waals surface area (Å²) < 4.78 is 7.43. The second-order valence-electron chi connectivity index (χ2n) is 3.40. The predicted molar refractivity (Wildman–Crippen MR) is 50.7 cm³/mol. The Morgan fingerprint density at radius 2 is 2.62 bits per heavy atom. The molecule has 1 unspecified atom stereocenters. The van der Waals surface area contributed by atoms with Crippen LogP contribution in [-0.4, -0.2) is 22.8 Å². The average Bonchev–Trinajstić information content (AvgIpc) is 2.76. The minimum absolute atomic E-state index is 0.535. The minimum Gasteiger partial charge on any atom is -0.381 e. The Kier molecular flexibility index (Phi) is 2.86. The molecule has 1 aliphatic heterocycles. The highest BCUT2D eigenvalue weighted by molar-refractivity contribution is 6.16. The van der Waals surface area contributed by atoms with Gasteiger partial charge in [-0.05, 0) is 6.42 Å². The molecule has 0 N–H and O–H groups in total. The third kappa shape index (κ3) is 2.03. The number of aromatic nitrogens is 2. The van der Waals surface area contributed by atoms with Gasteiger partial charge >= 0.3 is 0 Å². The number of imidazole rings is 1. The fourth-order valence-corrected chi connectivity index (χ4v) is 1.85. The monoisotopic (exact) mass is 200 g/mol. The third-order valence-electron chi connectivity index (χ3n) is 2.41. The van der Waals surface area contributed by atoms with Crippen molar-refractivity contribution in [1.82, 2.24) is 9.55 Å². The van der Waals surface area contributed by atoms with Gasteiger partial charge in [0.05, 0.1) is 24.5 Å². The van der Waals surface area contributed by atoms with Crippen LogP contribution in [0.25, 0.3) is 0 Å². The van der Waals surface area contributed by atoms with E-state index in [-0.39, 0.29) is 0 Å². The molecule has 1 aromatic rings. The predicted octanol–water partition coefficient (Wildman–Crippen LogP) is 1.66. The van der Waals surface area contributed by atoms with E-state index in [1.54, 1.807) is 0 Å². The Hall–Kier alpha value is -0.540. The molecule has 4 heteroatoms. The first-order valence-electron chi connectivity index (χ1n) is 4.53. The van der Waals surface area contributed by atoms with E-state index in [1.165, 1.54) is 0 Å². The molecule has 2 rings (SSSR count). The van der Waals surface area contributed by atoms with Crippen molar-refractivity contribution in [2.75, 3.05) is 13.2 Å². The molecule has 0 bridgehead atoms. The molecule has 3 nitrogen and oxygen atoms in total. The summed E-state index contributed by atoms with van der Waals surface area (Å²) in [4.78, 5) is 4.07. The van der Waals surface area contributed by atoms with Crippen LogP contribution >= 0.6 is 11.6 Å². The summed E-state index contributed by atoms with van der Waals surface area (Å²) >= 11 is 5.77. The van der Waals surface area contributed by atoms with Crippen LogP contribution in [0.4, 0.5) is 0 Å². The summed E-state index contributed by atoms with van der Waals surface area (Å²) in [5, 5.41) is 0. The molecule has 2 heterocycles. The van der Waals surface area contributed by atoms with Crippen molar-refractivity contribution in [2.24, 2.45) is 5.92 Å². The van der Waals surface area contributed by atoms with Crippen molar-refractivity contribution in [1.29, 1.82) is 0 Å². The van der Waals surface area contributed by atoms with Gasteiger partial charge in [0.1, 0.15) is 0 Å². The standard InChI is InChI=1S/C9H13ClN2O/c10-3-9-4-11-7-12(9)5-8-1-2-13-6-8/h4,7-8H,1-3,5-6H2. The van der Waals surface area contributed by atoms with Crippen LogP contribution in [0, 0.1) is 5.92 Å². The van der Waals surface area contributed by atoms with Crippen molar-refractivity contribution >= 4 is 11.6 Å². The molecule has 0 aromatic carbocycles. The van der Waals surface area contributed by atoms with Crippen molar-refractivity contribution in [3.63, 3.8) is 0 Å². The lowest BCUT2D eigenvalue weighted by Gasteiger charge is -2.10. The maximum Gasteiger partial charge on any atom is 0.0948 e. The molecule has 1 saturated heterocycles. The van der Waals surface area contributed by atoms with Crippen molar-refractivity contribution in [2.45, 2.75) is 18.8 Å². The van der Waals surface area contributed by atoms with E-state index >= 15 is 0 Å². The van der Waals surface area contributed by atoms with Crippen molar-refractivity contribution in [3.8, 4) is 0 Å². The molecule has 13 heavy (non-hydrogen) atoms. The second-order valence-corrected chi connectivity index (χ2v) is 3.67. The molecule has 0 saturated carbocycles. The zero-order valence-corrected chi connectivity index (χ0v) is 8.20. The Bertz CT molecular complexity index is 268. The molecule has 0 spiro atoms. The van der Waals surface area contributed by atoms with Crippen molar-refractivity contribution < 1.29 is 4.74 Å². The first kappa shape index (κ1) is 9.03. The van der Waals surface area contributed by atoms with Gasteiger partial charge in [-0.25, -0.2) is 4.98 Å². The lowest BCUT2D eigenvalue weighted by molar-refractivity contribution is 0.182. The third-order valence-corrected chi connectivity index (χ3v) is 2.69. The van der Waals surface area contributed by atoms with Crippen LogP contribution in [-0.2, 0) is 17.2 Å². The Morgan fingerprint density at radius 1 is 1.69 bits per heavy atom. The zero-order valence-electron chi connectivity index (χ0n) is 7.45. The molecule has 72 valence electrons. The molecule has 1 aliphatic rings. The van der Waals surface area contributed by atoms with Crippen LogP contribution in [0.15, 0.2) is 12.5 Å². The van der Waals surface area contributed by atoms with E-state index in [4.69, 9.17) is 16.3 Å². The minimum atomic E-state index is 0.535. The van der Waals surface area contributed by atoms with Gasteiger partial charge in [0.15, 0.2) is 0 Å². The summed E-state index contributed by atoms with van der Waals surface area (Å²) in [5.74, 6) is 1.17. The summed E-state index contributed by atoms with van der Waals surface area (Å²) in [5.41, 5.74) is 1.09. The second kappa shape index (κ2) is 4.11. The van der Waals surface area contributed by atoms with Gasteiger partial charge < -0.3 is 9.30 Å². The lowest BCUT2D eigenvalue weighted by atomic mass is 10.1. The zero-order chi connectivity index (χ0) is 9.10. The van der Waals surface area contributed by atoms with Crippen LogP contribution in [0.5, 0.6) is 0 Å². The van der Waals surface area contributed by atoms with Gasteiger partial charge in [-0.3, -0.25) is 0 Å². The van der Waals surface area contributed by atoms with Gasteiger partial charge in [0.25, 0.3) is 0 Å². The quantitative estimate of drug-likeness (QED) is 0.694. The number of halogens is 1. The molecule has 0 aliphatic carbocycles. The smallest absolute Gasteiger partial charge is 0.0948 e. The number of hydrogen-bond acceptors (Lipinski definition) is 2. The number of alkyl halides is 1. The summed E-state index contributed by atoms with van der Waals surface area (Å²) in [6.07, 6.45) is 4.82. The fraction of sp³-hybridized carbons (Fsp3) is 0.667. The fourth-order valence-electron chi connectivity index (χ4n) is 1.63. The topological polar surface area (TPSA) is 27.1 Å². The Balaban J connectivity index is 1.99. The first-order valence-corrected chi connectivity index (χ1v) is 5.06. The number of rotatable bonds is 3. The van der Waals surface area contributed by atoms with E-state index in [0.29, 0.717) is 11.8 Å². The normalized spacial score (nSPS) is 22.4. The van der Waals surface area contributed by atoms with Crippen molar-refractivity contribution in [3.05, 3.63) is 18.2 Å². The highest BCUT2D eigenvalue weighted by atomic mass is 35.5. The largest absolute Gasteiger partial charge is 0.381 e. The molecule has 1 atom stereocenters. The van der Waals surface area contributed by atoms with E-state index in [0.717, 1.165) is 31.9 Å². The molecule has 1 aromatic heterocycles. The van der Waals surface area contributed by atoms with Crippen LogP contribution in [0.2, 0.25) is 0 Å². The Morgan fingerprint density at radius 3 is 3.31 bits per heavy atom. The van der Waals surface area contributed by atoms with Gasteiger partial charge in [-0.15, -0.1) is 11.6 Å².